The van der Waals surface area contributed by atoms with E-state index in [1.807, 2.05) is 65.7 Å². The number of piperazine rings is 1. The molecule has 2 aromatic carbocycles. The summed E-state index contributed by atoms with van der Waals surface area (Å²) >= 11 is 2.84. The van der Waals surface area contributed by atoms with Crippen LogP contribution in [0.1, 0.15) is 28.5 Å². The molecule has 4 rings (SSSR count). The molecule has 0 aliphatic carbocycles. The minimum Gasteiger partial charge on any atom is -0.368 e. The number of hydrogen-bond donors (Lipinski definition) is 1. The van der Waals surface area contributed by atoms with Gasteiger partial charge in [0.15, 0.2) is 10.1 Å². The number of aryl methyl sites for hydroxylation is 1. The zero-order valence-corrected chi connectivity index (χ0v) is 21.5. The normalized spacial score (nSPS) is 13.5. The van der Waals surface area contributed by atoms with Crippen LogP contribution >= 0.6 is 23.1 Å². The average molecular weight is 509 g/mol. The molecule has 1 N–H and O–H groups in total. The highest BCUT2D eigenvalue weighted by Gasteiger charge is 2.22. The number of anilines is 2. The minimum atomic E-state index is -0.0829. The first-order valence-electron chi connectivity index (χ1n) is 11.4. The van der Waals surface area contributed by atoms with Gasteiger partial charge in [-0.2, -0.15) is 0 Å². The van der Waals surface area contributed by atoms with Gasteiger partial charge < -0.3 is 15.1 Å². The van der Waals surface area contributed by atoms with Crippen LogP contribution < -0.4 is 10.2 Å². The van der Waals surface area contributed by atoms with E-state index < -0.39 is 0 Å². The number of thioether (sulfide) groups is 1. The van der Waals surface area contributed by atoms with Gasteiger partial charge in [-0.15, -0.1) is 11.3 Å². The summed E-state index contributed by atoms with van der Waals surface area (Å²) in [5.74, 6) is 0.307. The lowest BCUT2D eigenvalue weighted by atomic mass is 10.1. The van der Waals surface area contributed by atoms with Crippen molar-refractivity contribution < 1.29 is 14.4 Å². The molecule has 1 aliphatic heterocycles. The second kappa shape index (κ2) is 11.5. The molecule has 7 nitrogen and oxygen atoms in total. The fraction of sp³-hybridized carbons (Fsp3) is 0.308. The van der Waals surface area contributed by atoms with E-state index >= 15 is 0 Å². The summed E-state index contributed by atoms with van der Waals surface area (Å²) in [5.41, 5.74) is 4.43. The van der Waals surface area contributed by atoms with Crippen LogP contribution in [0.4, 0.5) is 11.4 Å². The number of thiazole rings is 1. The molecule has 0 atom stereocenters. The van der Waals surface area contributed by atoms with E-state index in [1.54, 1.807) is 6.92 Å². The van der Waals surface area contributed by atoms with Crippen LogP contribution in [0.15, 0.2) is 58.3 Å². The van der Waals surface area contributed by atoms with Gasteiger partial charge in [0.1, 0.15) is 0 Å². The number of carbonyl (C=O) groups is 3. The third-order valence-electron chi connectivity index (χ3n) is 5.80. The lowest BCUT2D eigenvalue weighted by molar-refractivity contribution is -0.130. The van der Waals surface area contributed by atoms with Crippen molar-refractivity contribution in [2.24, 2.45) is 0 Å². The van der Waals surface area contributed by atoms with Crippen molar-refractivity contribution in [2.75, 3.05) is 42.1 Å². The average Bonchev–Trinajstić information content (AvgIpc) is 3.31. The minimum absolute atomic E-state index is 0.0566. The fourth-order valence-electron chi connectivity index (χ4n) is 3.78. The van der Waals surface area contributed by atoms with Gasteiger partial charge in [-0.25, -0.2) is 4.98 Å². The molecule has 1 saturated heterocycles. The summed E-state index contributed by atoms with van der Waals surface area (Å²) in [6, 6.07) is 15.3. The number of aromatic nitrogens is 1. The van der Waals surface area contributed by atoms with Crippen LogP contribution in [0.25, 0.3) is 0 Å². The van der Waals surface area contributed by atoms with Crippen molar-refractivity contribution in [2.45, 2.75) is 24.6 Å². The predicted octanol–water partition coefficient (Wildman–Crippen LogP) is 4.28. The number of rotatable bonds is 8. The molecule has 2 amide bonds. The quantitative estimate of drug-likeness (QED) is 0.361. The Kier molecular flexibility index (Phi) is 8.20. The molecule has 0 spiro atoms. The van der Waals surface area contributed by atoms with E-state index in [9.17, 15) is 14.4 Å². The Morgan fingerprint density at radius 1 is 1.00 bits per heavy atom. The Balaban J connectivity index is 1.21. The highest BCUT2D eigenvalue weighted by Crippen LogP contribution is 2.24. The summed E-state index contributed by atoms with van der Waals surface area (Å²) < 4.78 is 0.783. The van der Waals surface area contributed by atoms with Crippen molar-refractivity contribution in [1.82, 2.24) is 9.88 Å². The molecule has 1 aliphatic rings. The molecule has 1 aromatic heterocycles. The number of ketones is 1. The van der Waals surface area contributed by atoms with Crippen LogP contribution in [0.3, 0.4) is 0 Å². The molecule has 182 valence electrons. The molecule has 0 radical (unpaired) electrons. The van der Waals surface area contributed by atoms with Crippen LogP contribution in [-0.4, -0.2) is 59.4 Å². The van der Waals surface area contributed by atoms with Gasteiger partial charge in [0.05, 0.1) is 17.9 Å². The smallest absolute Gasteiger partial charge is 0.234 e. The van der Waals surface area contributed by atoms with Crippen LogP contribution in [-0.2, 0) is 16.0 Å². The summed E-state index contributed by atoms with van der Waals surface area (Å²) in [4.78, 5) is 45.1. The van der Waals surface area contributed by atoms with Crippen molar-refractivity contribution >= 4 is 52.1 Å². The molecule has 9 heteroatoms. The highest BCUT2D eigenvalue weighted by molar-refractivity contribution is 8.01. The van der Waals surface area contributed by atoms with Crippen molar-refractivity contribution in [3.05, 3.63) is 70.7 Å². The van der Waals surface area contributed by atoms with Crippen molar-refractivity contribution in [1.29, 1.82) is 0 Å². The summed E-state index contributed by atoms with van der Waals surface area (Å²) in [6.45, 7) is 6.37. The highest BCUT2D eigenvalue weighted by atomic mass is 32.2. The second-order valence-electron chi connectivity index (χ2n) is 8.46. The first-order chi connectivity index (χ1) is 16.9. The number of nitrogens with one attached hydrogen (secondary N) is 1. The molecular weight excluding hydrogens is 480 g/mol. The van der Waals surface area contributed by atoms with E-state index in [4.69, 9.17) is 0 Å². The second-order valence-corrected chi connectivity index (χ2v) is 10.5. The van der Waals surface area contributed by atoms with Gasteiger partial charge in [-0.1, -0.05) is 29.5 Å². The summed E-state index contributed by atoms with van der Waals surface area (Å²) in [5, 5.41) is 4.78. The maximum absolute atomic E-state index is 12.8. The lowest BCUT2D eigenvalue weighted by Crippen LogP contribution is -2.49. The number of benzene rings is 2. The first kappa shape index (κ1) is 24.9. The number of carbonyl (C=O) groups excluding carboxylic acids is 3. The lowest BCUT2D eigenvalue weighted by Gasteiger charge is -2.36. The van der Waals surface area contributed by atoms with Crippen LogP contribution in [0, 0.1) is 6.92 Å². The molecule has 1 fully saturated rings. The first-order valence-corrected chi connectivity index (χ1v) is 13.3. The van der Waals surface area contributed by atoms with Crippen molar-refractivity contribution in [3.63, 3.8) is 0 Å². The summed E-state index contributed by atoms with van der Waals surface area (Å²) in [7, 11) is 0. The maximum atomic E-state index is 12.8. The monoisotopic (exact) mass is 508 g/mol. The predicted molar refractivity (Wildman–Crippen MR) is 142 cm³/mol. The van der Waals surface area contributed by atoms with E-state index in [1.165, 1.54) is 23.1 Å². The Bertz CT molecular complexity index is 1180. The van der Waals surface area contributed by atoms with E-state index in [2.05, 4.69) is 15.2 Å². The van der Waals surface area contributed by atoms with Crippen LogP contribution in [0.2, 0.25) is 0 Å². The van der Waals surface area contributed by atoms with Gasteiger partial charge in [-0.3, -0.25) is 14.4 Å². The third-order valence-corrected chi connectivity index (χ3v) is 7.87. The standard InChI is InChI=1S/C26H28N4O3S2/c1-18-3-7-21(8-4-18)27-24(32)17-35-26-28-22(16-34-26)15-25(33)30-13-11-29(12-14-30)23-9-5-20(6-10-23)19(2)31/h3-10,16H,11-15,17H2,1-2H3,(H,27,32). The van der Waals surface area contributed by atoms with Gasteiger partial charge in [0.25, 0.3) is 0 Å². The van der Waals surface area contributed by atoms with Gasteiger partial charge in [-0.05, 0) is 50.2 Å². The molecule has 0 unspecified atom stereocenters. The summed E-state index contributed by atoms with van der Waals surface area (Å²) in [6.07, 6.45) is 0.264. The van der Waals surface area contributed by atoms with E-state index in [0.717, 1.165) is 40.1 Å². The third kappa shape index (κ3) is 6.93. The zero-order chi connectivity index (χ0) is 24.8. The molecule has 0 saturated carbocycles. The van der Waals surface area contributed by atoms with Gasteiger partial charge in [0.2, 0.25) is 11.8 Å². The number of Topliss-reactive ketones (excluding diaryl/α,β-unsaturated/α-hetero) is 1. The van der Waals surface area contributed by atoms with Gasteiger partial charge >= 0.3 is 0 Å². The topological polar surface area (TPSA) is 82.6 Å². The molecule has 0 bridgehead atoms. The SMILES string of the molecule is CC(=O)c1ccc(N2CCN(C(=O)Cc3csc(SCC(=O)Nc4ccc(C)cc4)n3)CC2)cc1. The Morgan fingerprint density at radius 2 is 1.69 bits per heavy atom. The number of amides is 2. The van der Waals surface area contributed by atoms with Gasteiger partial charge in [0, 0.05) is 48.5 Å². The van der Waals surface area contributed by atoms with E-state index in [-0.39, 0.29) is 29.8 Å². The van der Waals surface area contributed by atoms with Crippen molar-refractivity contribution in [3.8, 4) is 0 Å². The fourth-order valence-corrected chi connectivity index (χ4v) is 5.43. The van der Waals surface area contributed by atoms with E-state index in [0.29, 0.717) is 18.7 Å². The Hall–Kier alpha value is -3.17. The molecule has 35 heavy (non-hydrogen) atoms. The number of hydrogen-bond acceptors (Lipinski definition) is 7. The Morgan fingerprint density at radius 3 is 2.34 bits per heavy atom. The maximum Gasteiger partial charge on any atom is 0.234 e. The van der Waals surface area contributed by atoms with Crippen LogP contribution in [0.5, 0.6) is 0 Å². The molecular formula is C26H28N4O3S2. The molecule has 3 aromatic rings. The molecule has 2 heterocycles. The Labute approximate surface area is 213 Å². The zero-order valence-electron chi connectivity index (χ0n) is 19.8. The largest absolute Gasteiger partial charge is 0.368 e. The number of nitrogens with zero attached hydrogens (tertiary/aromatic N) is 3.